The van der Waals surface area contributed by atoms with Gasteiger partial charge in [0.05, 0.1) is 13.7 Å². The van der Waals surface area contributed by atoms with Gasteiger partial charge < -0.3 is 19.2 Å². The standard InChI is InChI=1S/C27H31NO4/c1-4-31-25-17-26-23(21-10-5-6-11-24(21)32-26)16-22(25)18(2)14-27(29)28-13-12-19-8-7-9-20(15-19)30-3/h7-9,14-17H,4-6,10-13H2,1-3H3,(H,28,29)/b18-14+. The van der Waals surface area contributed by atoms with Gasteiger partial charge in [-0.3, -0.25) is 4.79 Å². The van der Waals surface area contributed by atoms with Gasteiger partial charge in [0.1, 0.15) is 22.8 Å². The molecule has 0 saturated heterocycles. The van der Waals surface area contributed by atoms with Crippen molar-refractivity contribution in [1.29, 1.82) is 0 Å². The summed E-state index contributed by atoms with van der Waals surface area (Å²) >= 11 is 0. The summed E-state index contributed by atoms with van der Waals surface area (Å²) in [4.78, 5) is 12.6. The Bertz CT molecular complexity index is 1140. The molecule has 32 heavy (non-hydrogen) atoms. The molecule has 1 aliphatic rings. The van der Waals surface area contributed by atoms with E-state index in [9.17, 15) is 4.79 Å². The number of furan rings is 1. The number of methoxy groups -OCH3 is 1. The SMILES string of the molecule is CCOc1cc2oc3c(c2cc1/C(C)=C/C(=O)NCCc1cccc(OC)c1)CCCC3. The first-order valence-electron chi connectivity index (χ1n) is 11.4. The molecule has 5 nitrogen and oxygen atoms in total. The fourth-order valence-electron chi connectivity index (χ4n) is 4.36. The molecule has 1 aromatic heterocycles. The molecule has 1 aliphatic carbocycles. The number of nitrogens with one attached hydrogen (secondary N) is 1. The Morgan fingerprint density at radius 1 is 1.19 bits per heavy atom. The van der Waals surface area contributed by atoms with Gasteiger partial charge in [-0.2, -0.15) is 0 Å². The van der Waals surface area contributed by atoms with Crippen LogP contribution in [0.2, 0.25) is 0 Å². The number of carbonyl (C=O) groups excluding carboxylic acids is 1. The van der Waals surface area contributed by atoms with Crippen LogP contribution in [0.4, 0.5) is 0 Å². The van der Waals surface area contributed by atoms with Gasteiger partial charge in [0.25, 0.3) is 0 Å². The molecule has 0 bridgehead atoms. The highest BCUT2D eigenvalue weighted by Gasteiger charge is 2.20. The number of fused-ring (bicyclic) bond motifs is 3. The van der Waals surface area contributed by atoms with Gasteiger partial charge in [0, 0.05) is 41.6 Å². The second kappa shape index (κ2) is 9.94. The third-order valence-corrected chi connectivity index (χ3v) is 5.98. The molecule has 0 spiro atoms. The average molecular weight is 434 g/mol. The van der Waals surface area contributed by atoms with E-state index >= 15 is 0 Å². The van der Waals surface area contributed by atoms with Gasteiger partial charge in [0.15, 0.2) is 0 Å². The quantitative estimate of drug-likeness (QED) is 0.478. The molecule has 0 radical (unpaired) electrons. The fourth-order valence-corrected chi connectivity index (χ4v) is 4.36. The maximum Gasteiger partial charge on any atom is 0.244 e. The molecule has 5 heteroatoms. The number of ether oxygens (including phenoxy) is 2. The Kier molecular flexibility index (Phi) is 6.84. The van der Waals surface area contributed by atoms with E-state index in [1.165, 1.54) is 18.4 Å². The van der Waals surface area contributed by atoms with Crippen molar-refractivity contribution >= 4 is 22.4 Å². The summed E-state index contributed by atoms with van der Waals surface area (Å²) < 4.78 is 17.3. The minimum Gasteiger partial charge on any atom is -0.497 e. The minimum atomic E-state index is -0.109. The third kappa shape index (κ3) is 4.82. The summed E-state index contributed by atoms with van der Waals surface area (Å²) in [7, 11) is 1.65. The molecule has 1 amide bonds. The summed E-state index contributed by atoms with van der Waals surface area (Å²) in [6, 6.07) is 12.0. The van der Waals surface area contributed by atoms with Crippen LogP contribution in [0.1, 0.15) is 49.1 Å². The van der Waals surface area contributed by atoms with Gasteiger partial charge in [-0.15, -0.1) is 0 Å². The Balaban J connectivity index is 1.51. The van der Waals surface area contributed by atoms with Crippen LogP contribution in [-0.2, 0) is 24.1 Å². The molecule has 4 rings (SSSR count). The zero-order valence-electron chi connectivity index (χ0n) is 19.1. The zero-order valence-corrected chi connectivity index (χ0v) is 19.1. The van der Waals surface area contributed by atoms with E-state index < -0.39 is 0 Å². The van der Waals surface area contributed by atoms with Crippen molar-refractivity contribution in [2.24, 2.45) is 0 Å². The molecule has 0 aliphatic heterocycles. The van der Waals surface area contributed by atoms with Crippen molar-refractivity contribution in [3.05, 3.63) is 64.9 Å². The fraction of sp³-hybridized carbons (Fsp3) is 0.370. The predicted octanol–water partition coefficient (Wildman–Crippen LogP) is 5.48. The van der Waals surface area contributed by atoms with E-state index in [0.717, 1.165) is 64.2 Å². The summed E-state index contributed by atoms with van der Waals surface area (Å²) in [5, 5.41) is 4.13. The van der Waals surface area contributed by atoms with Crippen molar-refractivity contribution in [3.8, 4) is 11.5 Å². The predicted molar refractivity (Wildman–Crippen MR) is 127 cm³/mol. The lowest BCUT2D eigenvalue weighted by Gasteiger charge is -2.12. The van der Waals surface area contributed by atoms with Crippen LogP contribution in [0.5, 0.6) is 11.5 Å². The van der Waals surface area contributed by atoms with Crippen LogP contribution in [0, 0.1) is 0 Å². The van der Waals surface area contributed by atoms with Crippen LogP contribution < -0.4 is 14.8 Å². The Morgan fingerprint density at radius 2 is 2.03 bits per heavy atom. The van der Waals surface area contributed by atoms with Gasteiger partial charge in [-0.1, -0.05) is 12.1 Å². The topological polar surface area (TPSA) is 60.7 Å². The Hall–Kier alpha value is -3.21. The molecule has 3 aromatic rings. The summed E-state index contributed by atoms with van der Waals surface area (Å²) in [6.45, 7) is 5.03. The summed E-state index contributed by atoms with van der Waals surface area (Å²) in [6.07, 6.45) is 6.80. The minimum absolute atomic E-state index is 0.109. The normalized spacial score (nSPS) is 13.7. The lowest BCUT2D eigenvalue weighted by atomic mass is 9.94. The average Bonchev–Trinajstić information content (AvgIpc) is 3.16. The second-order valence-electron chi connectivity index (χ2n) is 8.21. The molecule has 2 aromatic carbocycles. The van der Waals surface area contributed by atoms with Crippen LogP contribution >= 0.6 is 0 Å². The lowest BCUT2D eigenvalue weighted by Crippen LogP contribution is -2.23. The highest BCUT2D eigenvalue weighted by atomic mass is 16.5. The second-order valence-corrected chi connectivity index (χ2v) is 8.21. The van der Waals surface area contributed by atoms with Crippen LogP contribution in [0.15, 0.2) is 46.9 Å². The molecular weight excluding hydrogens is 402 g/mol. The van der Waals surface area contributed by atoms with Gasteiger partial charge in [-0.05, 0) is 68.9 Å². The molecule has 1 N–H and O–H groups in total. The Labute approximate surface area is 189 Å². The zero-order chi connectivity index (χ0) is 22.5. The number of benzene rings is 2. The maximum absolute atomic E-state index is 12.6. The van der Waals surface area contributed by atoms with Crippen molar-refractivity contribution in [2.45, 2.75) is 46.0 Å². The number of carbonyl (C=O) groups is 1. The van der Waals surface area contributed by atoms with Gasteiger partial charge in [-0.25, -0.2) is 0 Å². The van der Waals surface area contributed by atoms with E-state index in [0.29, 0.717) is 13.2 Å². The molecule has 168 valence electrons. The largest absolute Gasteiger partial charge is 0.497 e. The highest BCUT2D eigenvalue weighted by Crippen LogP contribution is 2.38. The number of hydrogen-bond donors (Lipinski definition) is 1. The number of rotatable bonds is 8. The van der Waals surface area contributed by atoms with E-state index in [1.54, 1.807) is 13.2 Å². The molecule has 0 atom stereocenters. The maximum atomic E-state index is 12.6. The Morgan fingerprint density at radius 3 is 2.84 bits per heavy atom. The first kappa shape index (κ1) is 22.0. The molecule has 0 saturated carbocycles. The number of aryl methyl sites for hydroxylation is 2. The highest BCUT2D eigenvalue weighted by molar-refractivity contribution is 5.97. The first-order chi connectivity index (χ1) is 15.6. The van der Waals surface area contributed by atoms with Crippen molar-refractivity contribution < 1.29 is 18.7 Å². The number of amides is 1. The molecule has 0 fully saturated rings. The van der Waals surface area contributed by atoms with Gasteiger partial charge in [0.2, 0.25) is 5.91 Å². The van der Waals surface area contributed by atoms with Gasteiger partial charge >= 0.3 is 0 Å². The third-order valence-electron chi connectivity index (χ3n) is 5.98. The lowest BCUT2D eigenvalue weighted by molar-refractivity contribution is -0.116. The van der Waals surface area contributed by atoms with Crippen molar-refractivity contribution in [3.63, 3.8) is 0 Å². The smallest absolute Gasteiger partial charge is 0.244 e. The van der Waals surface area contributed by atoms with E-state index in [-0.39, 0.29) is 5.91 Å². The summed E-state index contributed by atoms with van der Waals surface area (Å²) in [5.41, 5.74) is 5.13. The monoisotopic (exact) mass is 433 g/mol. The van der Waals surface area contributed by atoms with Crippen molar-refractivity contribution in [1.82, 2.24) is 5.32 Å². The van der Waals surface area contributed by atoms with Crippen LogP contribution in [-0.4, -0.2) is 26.2 Å². The molecule has 0 unspecified atom stereocenters. The summed E-state index contributed by atoms with van der Waals surface area (Å²) in [5.74, 6) is 2.57. The van der Waals surface area contributed by atoms with Crippen LogP contribution in [0.25, 0.3) is 16.5 Å². The number of allylic oxidation sites excluding steroid dienone is 1. The number of hydrogen-bond acceptors (Lipinski definition) is 4. The van der Waals surface area contributed by atoms with E-state index in [4.69, 9.17) is 13.9 Å². The molecular formula is C27H31NO4. The molecule has 1 heterocycles. The van der Waals surface area contributed by atoms with E-state index in [2.05, 4.69) is 11.4 Å². The van der Waals surface area contributed by atoms with Crippen LogP contribution in [0.3, 0.4) is 0 Å². The van der Waals surface area contributed by atoms with Crippen molar-refractivity contribution in [2.75, 3.05) is 20.3 Å². The van der Waals surface area contributed by atoms with E-state index in [1.807, 2.05) is 44.2 Å². The first-order valence-corrected chi connectivity index (χ1v) is 11.4.